The Morgan fingerprint density at radius 2 is 2.16 bits per heavy atom. The molecule has 0 aliphatic rings. The van der Waals surface area contributed by atoms with Crippen LogP contribution in [0.15, 0.2) is 12.5 Å². The van der Waals surface area contributed by atoms with Gasteiger partial charge in [0, 0.05) is 6.54 Å². The van der Waals surface area contributed by atoms with Crippen LogP contribution in [0, 0.1) is 5.92 Å². The molecule has 0 saturated carbocycles. The Bertz CT molecular complexity index is 518. The average molecular weight is 264 g/mol. The minimum absolute atomic E-state index is 0.508. The maximum absolute atomic E-state index is 9.69. The number of aliphatic hydroxyl groups excluding tert-OH is 1. The van der Waals surface area contributed by atoms with Crippen LogP contribution in [0.3, 0.4) is 0 Å². The van der Waals surface area contributed by atoms with Gasteiger partial charge in [-0.3, -0.25) is 0 Å². The van der Waals surface area contributed by atoms with E-state index in [4.69, 9.17) is 0 Å². The predicted molar refractivity (Wildman–Crippen MR) is 69.2 cm³/mol. The monoisotopic (exact) mass is 264 g/mol. The Kier molecular flexibility index (Phi) is 4.26. The number of nitrogens with zero attached hydrogens (tertiary/aromatic N) is 6. The molecule has 0 fully saturated rings. The average Bonchev–Trinajstić information content (AvgIpc) is 2.99. The number of aliphatic hydroxyl groups is 1. The van der Waals surface area contributed by atoms with Crippen molar-refractivity contribution in [3.8, 4) is 0 Å². The third-order valence-corrected chi connectivity index (χ3v) is 2.82. The van der Waals surface area contributed by atoms with Crippen LogP contribution in [0.2, 0.25) is 0 Å². The highest BCUT2D eigenvalue weighted by atomic mass is 16.3. The molecule has 1 unspecified atom stereocenters. The zero-order valence-corrected chi connectivity index (χ0v) is 11.6. The minimum atomic E-state index is -0.553. The normalized spacial score (nSPS) is 13.1. The minimum Gasteiger partial charge on any atom is -0.387 e. The number of rotatable bonds is 6. The molecule has 0 spiro atoms. The molecular weight excluding hydrogens is 244 g/mol. The van der Waals surface area contributed by atoms with Crippen molar-refractivity contribution in [1.82, 2.24) is 29.8 Å². The fourth-order valence-electron chi connectivity index (χ4n) is 1.81. The van der Waals surface area contributed by atoms with Crippen molar-refractivity contribution in [3.05, 3.63) is 24.0 Å². The van der Waals surface area contributed by atoms with E-state index < -0.39 is 6.10 Å². The molecule has 2 aromatic rings. The van der Waals surface area contributed by atoms with Gasteiger partial charge in [0.2, 0.25) is 0 Å². The fraction of sp³-hybridized carbons (Fsp3) is 0.667. The van der Waals surface area contributed by atoms with Crippen LogP contribution in [-0.4, -0.2) is 34.9 Å². The maximum Gasteiger partial charge on any atom is 0.148 e. The lowest BCUT2D eigenvalue weighted by Crippen LogP contribution is -2.13. The molecule has 0 aliphatic heterocycles. The molecule has 0 aromatic carbocycles. The quantitative estimate of drug-likeness (QED) is 0.842. The van der Waals surface area contributed by atoms with E-state index in [2.05, 4.69) is 34.2 Å². The first-order valence-electron chi connectivity index (χ1n) is 6.55. The fourth-order valence-corrected chi connectivity index (χ4v) is 1.81. The highest BCUT2D eigenvalue weighted by Crippen LogP contribution is 2.12. The molecule has 104 valence electrons. The second-order valence-electron chi connectivity index (χ2n) is 5.02. The molecule has 1 N–H and O–H groups in total. The van der Waals surface area contributed by atoms with Gasteiger partial charge < -0.3 is 5.11 Å². The van der Waals surface area contributed by atoms with Gasteiger partial charge in [-0.05, 0) is 12.3 Å². The van der Waals surface area contributed by atoms with Crippen molar-refractivity contribution in [1.29, 1.82) is 0 Å². The van der Waals surface area contributed by atoms with Crippen LogP contribution in [-0.2, 0) is 13.1 Å². The van der Waals surface area contributed by atoms with Gasteiger partial charge in [-0.15, -0.1) is 5.10 Å². The molecule has 2 heterocycles. The lowest BCUT2D eigenvalue weighted by molar-refractivity contribution is 0.168. The van der Waals surface area contributed by atoms with E-state index in [0.29, 0.717) is 24.6 Å². The third-order valence-electron chi connectivity index (χ3n) is 2.82. The SMILES string of the molecule is CCC(O)c1cn(Cc2ncnn2CC(C)C)nn1. The van der Waals surface area contributed by atoms with Gasteiger partial charge in [-0.25, -0.2) is 14.3 Å². The zero-order valence-electron chi connectivity index (χ0n) is 11.6. The molecule has 2 rings (SSSR count). The smallest absolute Gasteiger partial charge is 0.148 e. The van der Waals surface area contributed by atoms with E-state index >= 15 is 0 Å². The van der Waals surface area contributed by atoms with Crippen LogP contribution in [0.5, 0.6) is 0 Å². The van der Waals surface area contributed by atoms with Gasteiger partial charge in [-0.2, -0.15) is 5.10 Å². The lowest BCUT2D eigenvalue weighted by atomic mass is 10.2. The summed E-state index contributed by atoms with van der Waals surface area (Å²) >= 11 is 0. The summed E-state index contributed by atoms with van der Waals surface area (Å²) in [5, 5.41) is 21.9. The number of hydrogen-bond donors (Lipinski definition) is 1. The number of aromatic nitrogens is 6. The Morgan fingerprint density at radius 1 is 1.37 bits per heavy atom. The van der Waals surface area contributed by atoms with Crippen molar-refractivity contribution in [2.45, 2.75) is 46.4 Å². The van der Waals surface area contributed by atoms with E-state index in [1.165, 1.54) is 0 Å². The largest absolute Gasteiger partial charge is 0.387 e. The van der Waals surface area contributed by atoms with Crippen molar-refractivity contribution in [2.75, 3.05) is 0 Å². The molecule has 7 nitrogen and oxygen atoms in total. The first-order valence-corrected chi connectivity index (χ1v) is 6.55. The van der Waals surface area contributed by atoms with Gasteiger partial charge in [0.1, 0.15) is 24.4 Å². The van der Waals surface area contributed by atoms with Crippen molar-refractivity contribution < 1.29 is 5.11 Å². The Labute approximate surface area is 112 Å². The summed E-state index contributed by atoms with van der Waals surface area (Å²) in [7, 11) is 0. The van der Waals surface area contributed by atoms with Gasteiger partial charge >= 0.3 is 0 Å². The van der Waals surface area contributed by atoms with Crippen molar-refractivity contribution >= 4 is 0 Å². The Hall–Kier alpha value is -1.76. The first-order chi connectivity index (χ1) is 9.10. The molecular formula is C12H20N6O. The lowest BCUT2D eigenvalue weighted by Gasteiger charge is -2.08. The highest BCUT2D eigenvalue weighted by molar-refractivity contribution is 4.98. The summed E-state index contributed by atoms with van der Waals surface area (Å²) in [4.78, 5) is 4.24. The molecule has 2 aromatic heterocycles. The molecule has 0 aliphatic carbocycles. The standard InChI is InChI=1S/C12H20N6O/c1-4-11(19)10-6-17(16-15-10)7-12-13-8-14-18(12)5-9(2)3/h6,8-9,11,19H,4-5,7H2,1-3H3. The van der Waals surface area contributed by atoms with Crippen molar-refractivity contribution in [3.63, 3.8) is 0 Å². The zero-order chi connectivity index (χ0) is 13.8. The third kappa shape index (κ3) is 3.37. The van der Waals surface area contributed by atoms with E-state index in [1.54, 1.807) is 17.2 Å². The van der Waals surface area contributed by atoms with Crippen LogP contribution in [0.1, 0.15) is 44.8 Å². The summed E-state index contributed by atoms with van der Waals surface area (Å²) < 4.78 is 3.55. The molecule has 0 saturated heterocycles. The summed E-state index contributed by atoms with van der Waals surface area (Å²) in [6.45, 7) is 7.51. The first kappa shape index (κ1) is 13.7. The Balaban J connectivity index is 2.09. The molecule has 0 bridgehead atoms. The van der Waals surface area contributed by atoms with E-state index in [1.807, 2.05) is 11.6 Å². The molecule has 0 radical (unpaired) electrons. The Morgan fingerprint density at radius 3 is 2.84 bits per heavy atom. The summed E-state index contributed by atoms with van der Waals surface area (Å²) in [5.41, 5.74) is 0.595. The van der Waals surface area contributed by atoms with Crippen molar-refractivity contribution in [2.24, 2.45) is 5.92 Å². The predicted octanol–water partition coefficient (Wildman–Crippen LogP) is 1.02. The molecule has 19 heavy (non-hydrogen) atoms. The van der Waals surface area contributed by atoms with Gasteiger partial charge in [-0.1, -0.05) is 26.0 Å². The van der Waals surface area contributed by atoms with Gasteiger partial charge in [0.25, 0.3) is 0 Å². The van der Waals surface area contributed by atoms with E-state index in [9.17, 15) is 5.11 Å². The summed E-state index contributed by atoms with van der Waals surface area (Å²) in [6, 6.07) is 0. The summed E-state index contributed by atoms with van der Waals surface area (Å²) in [5.74, 6) is 1.35. The molecule has 7 heteroatoms. The second-order valence-corrected chi connectivity index (χ2v) is 5.02. The maximum atomic E-state index is 9.69. The van der Waals surface area contributed by atoms with Gasteiger partial charge in [0.15, 0.2) is 0 Å². The summed E-state index contributed by atoms with van der Waals surface area (Å²) in [6.07, 6.45) is 3.38. The molecule has 1 atom stereocenters. The highest BCUT2D eigenvalue weighted by Gasteiger charge is 2.12. The van der Waals surface area contributed by atoms with Crippen LogP contribution in [0.25, 0.3) is 0 Å². The number of hydrogen-bond acceptors (Lipinski definition) is 5. The van der Waals surface area contributed by atoms with Crippen LogP contribution >= 0.6 is 0 Å². The topological polar surface area (TPSA) is 81.6 Å². The second kappa shape index (κ2) is 5.92. The molecule has 0 amide bonds. The van der Waals surface area contributed by atoms with Crippen LogP contribution < -0.4 is 0 Å². The van der Waals surface area contributed by atoms with E-state index in [0.717, 1.165) is 12.4 Å². The van der Waals surface area contributed by atoms with Gasteiger partial charge in [0.05, 0.1) is 12.3 Å². The van der Waals surface area contributed by atoms with E-state index in [-0.39, 0.29) is 0 Å². The van der Waals surface area contributed by atoms with Crippen LogP contribution in [0.4, 0.5) is 0 Å².